The Balaban J connectivity index is 2.81. The van der Waals surface area contributed by atoms with E-state index in [1.54, 1.807) is 0 Å². The van der Waals surface area contributed by atoms with Crippen LogP contribution in [0.1, 0.15) is 59.6 Å². The molecule has 1 aromatic carbocycles. The first kappa shape index (κ1) is 15.2. The lowest BCUT2D eigenvalue weighted by atomic mass is 9.81. The van der Waals surface area contributed by atoms with Gasteiger partial charge in [-0.2, -0.15) is 0 Å². The summed E-state index contributed by atoms with van der Waals surface area (Å²) in [6.07, 6.45) is 1.22. The van der Waals surface area contributed by atoms with E-state index < -0.39 is 0 Å². The molecule has 0 fully saturated rings. The second-order valence-corrected chi connectivity index (χ2v) is 6.91. The molecule has 1 nitrogen and oxygen atoms in total. The fourth-order valence-corrected chi connectivity index (χ4v) is 2.55. The van der Waals surface area contributed by atoms with E-state index in [1.165, 1.54) is 12.0 Å². The minimum atomic E-state index is 0.229. The highest BCUT2D eigenvalue weighted by Crippen LogP contribution is 2.33. The van der Waals surface area contributed by atoms with Gasteiger partial charge in [0.2, 0.25) is 0 Å². The predicted octanol–water partition coefficient (Wildman–Crippen LogP) is 4.80. The Hall–Kier alpha value is -0.820. The number of hydrogen-bond acceptors (Lipinski definition) is 1. The van der Waals surface area contributed by atoms with Gasteiger partial charge in [0.15, 0.2) is 0 Å². The third-order valence-electron chi connectivity index (χ3n) is 3.28. The van der Waals surface area contributed by atoms with E-state index in [0.29, 0.717) is 12.1 Å². The van der Waals surface area contributed by atoms with Gasteiger partial charge in [-0.25, -0.2) is 0 Å². The van der Waals surface area contributed by atoms with Gasteiger partial charge in [-0.15, -0.1) is 0 Å². The lowest BCUT2D eigenvalue weighted by molar-refractivity contribution is 0.242. The summed E-state index contributed by atoms with van der Waals surface area (Å²) in [4.78, 5) is 0. The summed E-state index contributed by atoms with van der Waals surface area (Å²) in [6, 6.07) is 11.8. The van der Waals surface area contributed by atoms with Crippen molar-refractivity contribution in [2.45, 2.75) is 60.0 Å². The molecule has 0 saturated carbocycles. The minimum Gasteiger partial charge on any atom is -0.307 e. The topological polar surface area (TPSA) is 12.0 Å². The Bertz CT molecular complexity index is 334. The van der Waals surface area contributed by atoms with Gasteiger partial charge in [0.05, 0.1) is 0 Å². The molecule has 1 N–H and O–H groups in total. The van der Waals surface area contributed by atoms with Crippen LogP contribution in [0.3, 0.4) is 0 Å². The summed E-state index contributed by atoms with van der Waals surface area (Å²) in [7, 11) is 0. The summed E-state index contributed by atoms with van der Waals surface area (Å²) >= 11 is 0. The number of nitrogens with one attached hydrogen (secondary N) is 1. The molecule has 0 amide bonds. The molecule has 18 heavy (non-hydrogen) atoms. The van der Waals surface area contributed by atoms with Crippen LogP contribution in [0.5, 0.6) is 0 Å². The molecule has 0 aliphatic carbocycles. The highest BCUT2D eigenvalue weighted by Gasteiger charge is 2.27. The minimum absolute atomic E-state index is 0.229. The van der Waals surface area contributed by atoms with Crippen molar-refractivity contribution in [1.29, 1.82) is 0 Å². The quantitative estimate of drug-likeness (QED) is 0.788. The van der Waals surface area contributed by atoms with E-state index in [1.807, 2.05) is 0 Å². The van der Waals surface area contributed by atoms with Crippen LogP contribution in [0.4, 0.5) is 0 Å². The first-order chi connectivity index (χ1) is 8.30. The standard InChI is InChI=1S/C17H29N/c1-13(2)12-14(3)18-16(17(4,5)6)15-10-8-7-9-11-15/h7-11,13-14,16,18H,12H2,1-6H3. The second-order valence-electron chi connectivity index (χ2n) is 6.91. The van der Waals surface area contributed by atoms with Crippen LogP contribution in [-0.2, 0) is 0 Å². The maximum absolute atomic E-state index is 3.80. The zero-order chi connectivity index (χ0) is 13.8. The Morgan fingerprint density at radius 3 is 2.00 bits per heavy atom. The molecule has 1 rings (SSSR count). The Kier molecular flexibility index (Phi) is 5.40. The van der Waals surface area contributed by atoms with E-state index in [4.69, 9.17) is 0 Å². The van der Waals surface area contributed by atoms with E-state index in [2.05, 4.69) is 77.2 Å². The van der Waals surface area contributed by atoms with Gasteiger partial charge < -0.3 is 5.32 Å². The van der Waals surface area contributed by atoms with Crippen LogP contribution in [0.2, 0.25) is 0 Å². The van der Waals surface area contributed by atoms with E-state index >= 15 is 0 Å². The lowest BCUT2D eigenvalue weighted by Gasteiger charge is -2.35. The fraction of sp³-hybridized carbons (Fsp3) is 0.647. The first-order valence-corrected chi connectivity index (χ1v) is 7.11. The normalized spacial score (nSPS) is 15.7. The Labute approximate surface area is 113 Å². The van der Waals surface area contributed by atoms with Crippen molar-refractivity contribution in [3.63, 3.8) is 0 Å². The van der Waals surface area contributed by atoms with Gasteiger partial charge in [0.25, 0.3) is 0 Å². The SMILES string of the molecule is CC(C)CC(C)NC(c1ccccc1)C(C)(C)C. The smallest absolute Gasteiger partial charge is 0.0371 e. The van der Waals surface area contributed by atoms with Crippen molar-refractivity contribution in [3.05, 3.63) is 35.9 Å². The van der Waals surface area contributed by atoms with Crippen molar-refractivity contribution in [3.8, 4) is 0 Å². The van der Waals surface area contributed by atoms with Crippen molar-refractivity contribution in [2.75, 3.05) is 0 Å². The molecule has 0 bridgehead atoms. The molecular weight excluding hydrogens is 218 g/mol. The zero-order valence-corrected chi connectivity index (χ0v) is 12.8. The van der Waals surface area contributed by atoms with Gasteiger partial charge in [0.1, 0.15) is 0 Å². The van der Waals surface area contributed by atoms with Crippen LogP contribution in [0, 0.1) is 11.3 Å². The summed E-state index contributed by atoms with van der Waals surface area (Å²) < 4.78 is 0. The zero-order valence-electron chi connectivity index (χ0n) is 12.8. The number of rotatable bonds is 5. The largest absolute Gasteiger partial charge is 0.307 e. The Morgan fingerprint density at radius 1 is 1.00 bits per heavy atom. The molecule has 2 atom stereocenters. The predicted molar refractivity (Wildman–Crippen MR) is 80.7 cm³/mol. The summed E-state index contributed by atoms with van der Waals surface area (Å²) in [6.45, 7) is 13.8. The summed E-state index contributed by atoms with van der Waals surface area (Å²) in [5.41, 5.74) is 1.62. The second kappa shape index (κ2) is 6.38. The van der Waals surface area contributed by atoms with Crippen LogP contribution in [0.25, 0.3) is 0 Å². The van der Waals surface area contributed by atoms with Crippen molar-refractivity contribution < 1.29 is 0 Å². The Morgan fingerprint density at radius 2 is 1.56 bits per heavy atom. The van der Waals surface area contributed by atoms with Crippen LogP contribution in [0.15, 0.2) is 30.3 Å². The van der Waals surface area contributed by atoms with Crippen molar-refractivity contribution >= 4 is 0 Å². The van der Waals surface area contributed by atoms with Crippen molar-refractivity contribution in [1.82, 2.24) is 5.32 Å². The van der Waals surface area contributed by atoms with E-state index in [9.17, 15) is 0 Å². The number of benzene rings is 1. The molecule has 0 aromatic heterocycles. The number of hydrogen-bond donors (Lipinski definition) is 1. The highest BCUT2D eigenvalue weighted by atomic mass is 15.0. The molecule has 1 aromatic rings. The lowest BCUT2D eigenvalue weighted by Crippen LogP contribution is -2.38. The molecule has 0 aliphatic rings. The van der Waals surface area contributed by atoms with Gasteiger partial charge in [-0.05, 0) is 30.2 Å². The van der Waals surface area contributed by atoms with Gasteiger partial charge in [0, 0.05) is 12.1 Å². The van der Waals surface area contributed by atoms with E-state index in [-0.39, 0.29) is 5.41 Å². The van der Waals surface area contributed by atoms with Crippen LogP contribution >= 0.6 is 0 Å². The van der Waals surface area contributed by atoms with Crippen LogP contribution < -0.4 is 5.32 Å². The molecule has 0 spiro atoms. The molecule has 0 radical (unpaired) electrons. The molecule has 102 valence electrons. The third kappa shape index (κ3) is 4.81. The van der Waals surface area contributed by atoms with Crippen molar-refractivity contribution in [2.24, 2.45) is 11.3 Å². The van der Waals surface area contributed by atoms with E-state index in [0.717, 1.165) is 5.92 Å². The summed E-state index contributed by atoms with van der Waals surface area (Å²) in [5, 5.41) is 3.80. The third-order valence-corrected chi connectivity index (χ3v) is 3.28. The highest BCUT2D eigenvalue weighted by molar-refractivity contribution is 5.20. The van der Waals surface area contributed by atoms with Gasteiger partial charge in [-0.3, -0.25) is 0 Å². The van der Waals surface area contributed by atoms with Gasteiger partial charge >= 0.3 is 0 Å². The molecule has 2 unspecified atom stereocenters. The van der Waals surface area contributed by atoms with Gasteiger partial charge in [-0.1, -0.05) is 65.0 Å². The van der Waals surface area contributed by atoms with Crippen LogP contribution in [-0.4, -0.2) is 6.04 Å². The molecule has 0 heterocycles. The fourth-order valence-electron chi connectivity index (χ4n) is 2.55. The monoisotopic (exact) mass is 247 g/mol. The molecule has 0 aliphatic heterocycles. The maximum Gasteiger partial charge on any atom is 0.0371 e. The average Bonchev–Trinajstić information content (AvgIpc) is 2.24. The summed E-state index contributed by atoms with van der Waals surface area (Å²) in [5.74, 6) is 0.740. The maximum atomic E-state index is 3.80. The average molecular weight is 247 g/mol. The molecule has 0 saturated heterocycles. The molecular formula is C17H29N. The first-order valence-electron chi connectivity index (χ1n) is 7.11. The molecule has 1 heteroatoms.